The van der Waals surface area contributed by atoms with Gasteiger partial charge in [-0.1, -0.05) is 24.8 Å². The zero-order chi connectivity index (χ0) is 15.1. The first-order valence-corrected chi connectivity index (χ1v) is 4.73. The molecule has 0 fully saturated rings. The molecule has 106 valence electrons. The number of hydrogen-bond acceptors (Lipinski definition) is 1. The Morgan fingerprint density at radius 3 is 1.79 bits per heavy atom. The quantitative estimate of drug-likeness (QED) is 0.821. The summed E-state index contributed by atoms with van der Waals surface area (Å²) in [6.45, 7) is 3.19. The summed E-state index contributed by atoms with van der Waals surface area (Å²) in [4.78, 5) is 0. The van der Waals surface area contributed by atoms with Gasteiger partial charge in [0, 0.05) is 5.56 Å². The van der Waals surface area contributed by atoms with Crippen LogP contribution in [0.2, 0.25) is 0 Å². The molecule has 0 aliphatic rings. The molecule has 1 N–H and O–H groups in total. The standard InChI is InChI=1S/C11H7F7O/c1-2-6-3-4-7(8(12)5-6)9(19,10(13,14)15)11(16,17)18/h2-5,19H,1H2. The van der Waals surface area contributed by atoms with E-state index in [4.69, 9.17) is 5.11 Å². The maximum absolute atomic E-state index is 13.4. The Balaban J connectivity index is 3.57. The number of aliphatic hydroxyl groups is 1. The van der Waals surface area contributed by atoms with Crippen LogP contribution in [0.15, 0.2) is 24.8 Å². The molecule has 0 aromatic heterocycles. The molecule has 0 saturated heterocycles. The van der Waals surface area contributed by atoms with Gasteiger partial charge in [-0.3, -0.25) is 0 Å². The highest BCUT2D eigenvalue weighted by Crippen LogP contribution is 2.50. The van der Waals surface area contributed by atoms with Gasteiger partial charge >= 0.3 is 12.4 Å². The summed E-state index contributed by atoms with van der Waals surface area (Å²) in [5, 5.41) is 8.98. The normalized spacial score (nSPS) is 13.5. The van der Waals surface area contributed by atoms with E-state index < -0.39 is 29.3 Å². The van der Waals surface area contributed by atoms with Gasteiger partial charge in [0.05, 0.1) is 0 Å². The highest BCUT2D eigenvalue weighted by molar-refractivity contribution is 5.48. The van der Waals surface area contributed by atoms with Crippen LogP contribution in [0, 0.1) is 5.82 Å². The second-order valence-electron chi connectivity index (χ2n) is 3.65. The summed E-state index contributed by atoms with van der Waals surface area (Å²) in [6.07, 6.45) is -11.2. The maximum Gasteiger partial charge on any atom is 0.430 e. The molecule has 1 nitrogen and oxygen atoms in total. The minimum atomic E-state index is -6.11. The molecule has 1 aromatic rings. The summed E-state index contributed by atoms with van der Waals surface area (Å²) in [6, 6.07) is 1.44. The maximum atomic E-state index is 13.4. The van der Waals surface area contributed by atoms with Crippen LogP contribution in [-0.2, 0) is 5.60 Å². The Labute approximate surface area is 103 Å². The summed E-state index contributed by atoms with van der Waals surface area (Å²) >= 11 is 0. The van der Waals surface area contributed by atoms with Crippen molar-refractivity contribution in [3.05, 3.63) is 41.7 Å². The molecule has 0 atom stereocenters. The number of rotatable bonds is 2. The van der Waals surface area contributed by atoms with Crippen molar-refractivity contribution in [2.75, 3.05) is 0 Å². The number of benzene rings is 1. The molecule has 0 heterocycles. The Morgan fingerprint density at radius 1 is 1.00 bits per heavy atom. The third-order valence-electron chi connectivity index (χ3n) is 2.44. The molecule has 0 saturated carbocycles. The fourth-order valence-corrected chi connectivity index (χ4v) is 1.42. The Morgan fingerprint density at radius 2 is 1.47 bits per heavy atom. The zero-order valence-electron chi connectivity index (χ0n) is 9.11. The molecule has 0 aliphatic heterocycles. The Kier molecular flexibility index (Phi) is 3.68. The van der Waals surface area contributed by atoms with E-state index in [1.165, 1.54) is 0 Å². The average Bonchev–Trinajstić information content (AvgIpc) is 2.24. The van der Waals surface area contributed by atoms with E-state index in [1.807, 2.05) is 0 Å². The molecular weight excluding hydrogens is 281 g/mol. The van der Waals surface area contributed by atoms with E-state index >= 15 is 0 Å². The molecule has 8 heteroatoms. The molecule has 0 spiro atoms. The van der Waals surface area contributed by atoms with Crippen molar-refractivity contribution in [3.8, 4) is 0 Å². The summed E-state index contributed by atoms with van der Waals surface area (Å²) in [7, 11) is 0. The van der Waals surface area contributed by atoms with E-state index in [0.717, 1.165) is 12.1 Å². The molecule has 19 heavy (non-hydrogen) atoms. The van der Waals surface area contributed by atoms with Crippen molar-refractivity contribution in [2.24, 2.45) is 0 Å². The molecule has 1 rings (SSSR count). The largest absolute Gasteiger partial charge is 0.430 e. The van der Waals surface area contributed by atoms with Crippen LogP contribution in [-0.4, -0.2) is 17.5 Å². The predicted molar refractivity (Wildman–Crippen MR) is 52.5 cm³/mol. The highest BCUT2D eigenvalue weighted by Gasteiger charge is 2.72. The van der Waals surface area contributed by atoms with Gasteiger partial charge in [0.2, 0.25) is 0 Å². The first kappa shape index (κ1) is 15.5. The van der Waals surface area contributed by atoms with Gasteiger partial charge in [-0.15, -0.1) is 0 Å². The van der Waals surface area contributed by atoms with Crippen molar-refractivity contribution in [1.29, 1.82) is 0 Å². The minimum absolute atomic E-state index is 0.0204. The summed E-state index contributed by atoms with van der Waals surface area (Å²) in [5.74, 6) is -1.82. The van der Waals surface area contributed by atoms with Gasteiger partial charge in [0.25, 0.3) is 5.60 Å². The molecule has 0 radical (unpaired) electrons. The van der Waals surface area contributed by atoms with E-state index in [2.05, 4.69) is 6.58 Å². The lowest BCUT2D eigenvalue weighted by atomic mass is 9.91. The van der Waals surface area contributed by atoms with Crippen LogP contribution >= 0.6 is 0 Å². The van der Waals surface area contributed by atoms with Crippen molar-refractivity contribution in [1.82, 2.24) is 0 Å². The van der Waals surface area contributed by atoms with Crippen LogP contribution in [0.1, 0.15) is 11.1 Å². The lowest BCUT2D eigenvalue weighted by molar-refractivity contribution is -0.377. The third kappa shape index (κ3) is 2.44. The van der Waals surface area contributed by atoms with Gasteiger partial charge in [-0.25, -0.2) is 4.39 Å². The van der Waals surface area contributed by atoms with E-state index in [9.17, 15) is 30.7 Å². The van der Waals surface area contributed by atoms with E-state index in [1.54, 1.807) is 0 Å². The van der Waals surface area contributed by atoms with E-state index in [0.29, 0.717) is 6.07 Å². The number of halogens is 7. The summed E-state index contributed by atoms with van der Waals surface area (Å²) < 4.78 is 88.3. The van der Waals surface area contributed by atoms with Crippen LogP contribution in [0.25, 0.3) is 6.08 Å². The van der Waals surface area contributed by atoms with Crippen molar-refractivity contribution < 1.29 is 35.8 Å². The van der Waals surface area contributed by atoms with Crippen LogP contribution in [0.5, 0.6) is 0 Å². The lowest BCUT2D eigenvalue weighted by Gasteiger charge is -2.32. The Hall–Kier alpha value is -1.57. The topological polar surface area (TPSA) is 20.2 Å². The third-order valence-corrected chi connectivity index (χ3v) is 2.44. The second-order valence-corrected chi connectivity index (χ2v) is 3.65. The monoisotopic (exact) mass is 288 g/mol. The van der Waals surface area contributed by atoms with Gasteiger partial charge in [0.1, 0.15) is 5.82 Å². The van der Waals surface area contributed by atoms with Crippen molar-refractivity contribution in [3.63, 3.8) is 0 Å². The van der Waals surface area contributed by atoms with Crippen LogP contribution < -0.4 is 0 Å². The lowest BCUT2D eigenvalue weighted by Crippen LogP contribution is -2.54. The van der Waals surface area contributed by atoms with Gasteiger partial charge in [0.15, 0.2) is 0 Å². The molecule has 0 bridgehead atoms. The first-order chi connectivity index (χ1) is 8.45. The fraction of sp³-hybridized carbons (Fsp3) is 0.273. The van der Waals surface area contributed by atoms with Crippen LogP contribution in [0.3, 0.4) is 0 Å². The highest BCUT2D eigenvalue weighted by atomic mass is 19.4. The molecular formula is C11H7F7O. The molecule has 1 aromatic carbocycles. The van der Waals surface area contributed by atoms with Gasteiger partial charge in [-0.2, -0.15) is 26.3 Å². The number of alkyl halides is 6. The molecule has 0 aliphatic carbocycles. The number of hydrogen-bond donors (Lipinski definition) is 1. The fourth-order valence-electron chi connectivity index (χ4n) is 1.42. The SMILES string of the molecule is C=Cc1ccc(C(O)(C(F)(F)F)C(F)(F)F)c(F)c1. The second kappa shape index (κ2) is 4.52. The van der Waals surface area contributed by atoms with Gasteiger partial charge in [-0.05, 0) is 11.6 Å². The predicted octanol–water partition coefficient (Wildman–Crippen LogP) is 3.78. The van der Waals surface area contributed by atoms with Crippen molar-refractivity contribution in [2.45, 2.75) is 18.0 Å². The summed E-state index contributed by atoms with van der Waals surface area (Å²) in [5.41, 5.74) is -7.19. The van der Waals surface area contributed by atoms with E-state index in [-0.39, 0.29) is 11.6 Å². The Bertz CT molecular complexity index is 473. The molecule has 0 amide bonds. The molecule has 0 unspecified atom stereocenters. The zero-order valence-corrected chi connectivity index (χ0v) is 9.11. The average molecular weight is 288 g/mol. The minimum Gasteiger partial charge on any atom is -0.369 e. The van der Waals surface area contributed by atoms with Crippen molar-refractivity contribution >= 4 is 6.08 Å². The smallest absolute Gasteiger partial charge is 0.369 e. The van der Waals surface area contributed by atoms with Crippen LogP contribution in [0.4, 0.5) is 30.7 Å². The first-order valence-electron chi connectivity index (χ1n) is 4.73. The van der Waals surface area contributed by atoms with Gasteiger partial charge < -0.3 is 5.11 Å².